The second kappa shape index (κ2) is 3.77. The Hall–Kier alpha value is -2.17. The Morgan fingerprint density at radius 3 is 2.62 bits per heavy atom. The number of carboxylic acids is 1. The Balaban J connectivity index is 2.59. The summed E-state index contributed by atoms with van der Waals surface area (Å²) >= 11 is 0. The molecular weight excluding hydrogens is 216 g/mol. The van der Waals surface area contributed by atoms with E-state index in [9.17, 15) is 13.6 Å². The van der Waals surface area contributed by atoms with Crippen LogP contribution in [0.4, 0.5) is 8.78 Å². The van der Waals surface area contributed by atoms with Crippen molar-refractivity contribution in [3.8, 4) is 11.3 Å². The number of carbonyl (C=O) groups is 1. The molecule has 0 spiro atoms. The average molecular weight is 223 g/mol. The van der Waals surface area contributed by atoms with E-state index in [1.54, 1.807) is 0 Å². The van der Waals surface area contributed by atoms with Crippen molar-refractivity contribution in [1.82, 2.24) is 4.98 Å². The fourth-order valence-corrected chi connectivity index (χ4v) is 1.46. The van der Waals surface area contributed by atoms with Crippen LogP contribution in [0, 0.1) is 11.6 Å². The van der Waals surface area contributed by atoms with Crippen molar-refractivity contribution in [2.24, 2.45) is 0 Å². The van der Waals surface area contributed by atoms with Gasteiger partial charge in [0.1, 0.15) is 11.6 Å². The Morgan fingerprint density at radius 1 is 1.25 bits per heavy atom. The number of hydrogen-bond acceptors (Lipinski definition) is 1. The molecule has 2 N–H and O–H groups in total. The first-order valence-electron chi connectivity index (χ1n) is 4.45. The topological polar surface area (TPSA) is 53.1 Å². The van der Waals surface area contributed by atoms with Gasteiger partial charge in [-0.25, -0.2) is 13.6 Å². The van der Waals surface area contributed by atoms with Crippen LogP contribution in [0.1, 0.15) is 10.4 Å². The quantitative estimate of drug-likeness (QED) is 0.822. The first-order valence-corrected chi connectivity index (χ1v) is 4.45. The van der Waals surface area contributed by atoms with E-state index in [4.69, 9.17) is 5.11 Å². The average Bonchev–Trinajstić information content (AvgIpc) is 2.66. The monoisotopic (exact) mass is 223 g/mol. The summed E-state index contributed by atoms with van der Waals surface area (Å²) < 4.78 is 26.1. The van der Waals surface area contributed by atoms with Crippen molar-refractivity contribution in [3.63, 3.8) is 0 Å². The standard InChI is InChI=1S/C11H7F2NO2/c12-6-1-2-7(9(13)5-6)10-8(11(15)16)3-4-14-10/h1-5,14H,(H,15,16). The molecule has 16 heavy (non-hydrogen) atoms. The molecule has 3 nitrogen and oxygen atoms in total. The second-order valence-corrected chi connectivity index (χ2v) is 3.20. The highest BCUT2D eigenvalue weighted by Gasteiger charge is 2.15. The predicted molar refractivity (Wildman–Crippen MR) is 53.1 cm³/mol. The molecule has 0 radical (unpaired) electrons. The van der Waals surface area contributed by atoms with E-state index >= 15 is 0 Å². The first kappa shape index (κ1) is 10.4. The van der Waals surface area contributed by atoms with Crippen LogP contribution in [-0.2, 0) is 0 Å². The van der Waals surface area contributed by atoms with E-state index in [1.165, 1.54) is 18.3 Å². The minimum absolute atomic E-state index is 0.0313. The number of rotatable bonds is 2. The molecule has 1 heterocycles. The van der Waals surface area contributed by atoms with E-state index in [-0.39, 0.29) is 16.8 Å². The Bertz CT molecular complexity index is 549. The molecule has 0 unspecified atom stereocenters. The highest BCUT2D eigenvalue weighted by atomic mass is 19.1. The van der Waals surface area contributed by atoms with Gasteiger partial charge in [0.05, 0.1) is 11.3 Å². The molecule has 2 aromatic rings. The molecule has 2 rings (SSSR count). The largest absolute Gasteiger partial charge is 0.478 e. The molecule has 0 aliphatic heterocycles. The molecule has 82 valence electrons. The molecule has 0 bridgehead atoms. The van der Waals surface area contributed by atoms with Crippen LogP contribution in [0.25, 0.3) is 11.3 Å². The summed E-state index contributed by atoms with van der Waals surface area (Å²) in [5.74, 6) is -2.67. The van der Waals surface area contributed by atoms with Crippen LogP contribution < -0.4 is 0 Å². The fourth-order valence-electron chi connectivity index (χ4n) is 1.46. The molecule has 0 aliphatic rings. The van der Waals surface area contributed by atoms with Crippen molar-refractivity contribution in [1.29, 1.82) is 0 Å². The van der Waals surface area contributed by atoms with E-state index in [0.29, 0.717) is 6.07 Å². The summed E-state index contributed by atoms with van der Waals surface area (Å²) in [5.41, 5.74) is 0.110. The number of carboxylic acid groups (broad SMARTS) is 1. The first-order chi connectivity index (χ1) is 7.59. The lowest BCUT2D eigenvalue weighted by Gasteiger charge is -2.02. The van der Waals surface area contributed by atoms with Crippen LogP contribution in [0.5, 0.6) is 0 Å². The number of nitrogens with one attached hydrogen (secondary N) is 1. The van der Waals surface area contributed by atoms with Crippen LogP contribution in [-0.4, -0.2) is 16.1 Å². The highest BCUT2D eigenvalue weighted by molar-refractivity contribution is 5.95. The maximum Gasteiger partial charge on any atom is 0.337 e. The third-order valence-electron chi connectivity index (χ3n) is 2.18. The van der Waals surface area contributed by atoms with Crippen LogP contribution in [0.2, 0.25) is 0 Å². The molecule has 5 heteroatoms. The molecule has 0 aliphatic carbocycles. The van der Waals surface area contributed by atoms with Crippen molar-refractivity contribution >= 4 is 5.97 Å². The maximum absolute atomic E-state index is 13.4. The number of hydrogen-bond donors (Lipinski definition) is 2. The van der Waals surface area contributed by atoms with Crippen molar-refractivity contribution in [2.75, 3.05) is 0 Å². The number of aromatic amines is 1. The summed E-state index contributed by atoms with van der Waals surface area (Å²) in [5, 5.41) is 8.84. The van der Waals surface area contributed by atoms with Crippen molar-refractivity contribution in [3.05, 3.63) is 47.7 Å². The van der Waals surface area contributed by atoms with Crippen molar-refractivity contribution in [2.45, 2.75) is 0 Å². The highest BCUT2D eigenvalue weighted by Crippen LogP contribution is 2.25. The molecule has 0 saturated carbocycles. The minimum atomic E-state index is -1.17. The Labute approximate surface area is 89.3 Å². The molecule has 0 saturated heterocycles. The van der Waals surface area contributed by atoms with E-state index in [1.807, 2.05) is 0 Å². The number of H-pyrrole nitrogens is 1. The molecule has 0 fully saturated rings. The summed E-state index contributed by atoms with van der Waals surface area (Å²) in [6.45, 7) is 0. The van der Waals surface area contributed by atoms with Gasteiger partial charge in [-0.15, -0.1) is 0 Å². The zero-order valence-electron chi connectivity index (χ0n) is 8.00. The van der Waals surface area contributed by atoms with Gasteiger partial charge in [-0.1, -0.05) is 0 Å². The Morgan fingerprint density at radius 2 is 2.00 bits per heavy atom. The third-order valence-corrected chi connectivity index (χ3v) is 2.18. The molecule has 1 aromatic heterocycles. The third kappa shape index (κ3) is 1.67. The second-order valence-electron chi connectivity index (χ2n) is 3.20. The van der Waals surface area contributed by atoms with Crippen LogP contribution in [0.15, 0.2) is 30.5 Å². The summed E-state index contributed by atoms with van der Waals surface area (Å²) in [6.07, 6.45) is 1.39. The normalized spacial score (nSPS) is 10.4. The number of aromatic carboxylic acids is 1. The van der Waals surface area contributed by atoms with Crippen molar-refractivity contribution < 1.29 is 18.7 Å². The lowest BCUT2D eigenvalue weighted by Crippen LogP contribution is -1.98. The summed E-state index contributed by atoms with van der Waals surface area (Å²) in [6, 6.07) is 4.30. The number of halogens is 2. The maximum atomic E-state index is 13.4. The summed E-state index contributed by atoms with van der Waals surface area (Å²) in [4.78, 5) is 13.4. The van der Waals surface area contributed by atoms with Gasteiger partial charge >= 0.3 is 5.97 Å². The minimum Gasteiger partial charge on any atom is -0.478 e. The van der Waals surface area contributed by atoms with Gasteiger partial charge in [-0.2, -0.15) is 0 Å². The van der Waals surface area contributed by atoms with Gasteiger partial charge in [0.15, 0.2) is 0 Å². The Kier molecular flexibility index (Phi) is 2.44. The zero-order valence-corrected chi connectivity index (χ0v) is 8.00. The van der Waals surface area contributed by atoms with E-state index in [0.717, 1.165) is 6.07 Å². The zero-order chi connectivity index (χ0) is 11.7. The van der Waals surface area contributed by atoms with Crippen LogP contribution >= 0.6 is 0 Å². The smallest absolute Gasteiger partial charge is 0.337 e. The van der Waals surface area contributed by atoms with Gasteiger partial charge in [-0.3, -0.25) is 0 Å². The predicted octanol–water partition coefficient (Wildman–Crippen LogP) is 2.66. The lowest BCUT2D eigenvalue weighted by molar-refractivity contribution is 0.0698. The fraction of sp³-hybridized carbons (Fsp3) is 0. The van der Waals surface area contributed by atoms with Gasteiger partial charge in [0, 0.05) is 17.8 Å². The molecule has 0 atom stereocenters. The molecule has 0 amide bonds. The van der Waals surface area contributed by atoms with Gasteiger partial charge in [-0.05, 0) is 18.2 Å². The van der Waals surface area contributed by atoms with E-state index < -0.39 is 17.6 Å². The number of benzene rings is 1. The van der Waals surface area contributed by atoms with Gasteiger partial charge < -0.3 is 10.1 Å². The van der Waals surface area contributed by atoms with Crippen LogP contribution in [0.3, 0.4) is 0 Å². The molecule has 1 aromatic carbocycles. The molecular formula is C11H7F2NO2. The van der Waals surface area contributed by atoms with Gasteiger partial charge in [0.25, 0.3) is 0 Å². The number of aromatic nitrogens is 1. The summed E-state index contributed by atoms with van der Waals surface area (Å²) in [7, 11) is 0. The lowest BCUT2D eigenvalue weighted by atomic mass is 10.1. The van der Waals surface area contributed by atoms with E-state index in [2.05, 4.69) is 4.98 Å². The SMILES string of the molecule is O=C(O)c1cc[nH]c1-c1ccc(F)cc1F. The van der Waals surface area contributed by atoms with Gasteiger partial charge in [0.2, 0.25) is 0 Å².